The number of carbonyl (C=O) groups excluding carboxylic acids is 1. The molecule has 0 aromatic carbocycles. The van der Waals surface area contributed by atoms with Crippen molar-refractivity contribution in [1.29, 1.82) is 0 Å². The van der Waals surface area contributed by atoms with E-state index in [-0.39, 0.29) is 5.56 Å². The minimum Gasteiger partial charge on any atom is -0.462 e. The van der Waals surface area contributed by atoms with Crippen LogP contribution >= 0.6 is 0 Å². The lowest BCUT2D eigenvalue weighted by Crippen LogP contribution is -2.06. The zero-order chi connectivity index (χ0) is 9.68. The number of hydrogen-bond acceptors (Lipinski definition) is 4. The molecule has 0 aliphatic rings. The maximum atomic E-state index is 11.1. The van der Waals surface area contributed by atoms with Gasteiger partial charge in [-0.2, -0.15) is 5.10 Å². The van der Waals surface area contributed by atoms with Crippen molar-refractivity contribution in [2.24, 2.45) is 0 Å². The summed E-state index contributed by atoms with van der Waals surface area (Å²) in [6.45, 7) is 2.18. The zero-order valence-corrected chi connectivity index (χ0v) is 7.19. The van der Waals surface area contributed by atoms with Crippen LogP contribution in [0.1, 0.15) is 23.7 Å². The number of ether oxygens (including phenoxy) is 1. The molecule has 0 saturated carbocycles. The van der Waals surface area contributed by atoms with E-state index in [4.69, 9.17) is 4.74 Å². The highest BCUT2D eigenvalue weighted by Gasteiger charge is 2.14. The Kier molecular flexibility index (Phi) is 3.19. The number of esters is 1. The fraction of sp³-hybridized carbons (Fsp3) is 0.375. The molecule has 1 rings (SSSR count). The molecule has 1 radical (unpaired) electrons. The first kappa shape index (κ1) is 9.44. The first-order valence-corrected chi connectivity index (χ1v) is 3.91. The number of carbonyl (C=O) groups is 1. The Morgan fingerprint density at radius 2 is 2.38 bits per heavy atom. The summed E-state index contributed by atoms with van der Waals surface area (Å²) in [6.07, 6.45) is 2.00. The number of hydrogen-bond donors (Lipinski definition) is 0. The summed E-state index contributed by atoms with van der Waals surface area (Å²) in [7, 11) is 0. The van der Waals surface area contributed by atoms with E-state index < -0.39 is 11.8 Å². The summed E-state index contributed by atoms with van der Waals surface area (Å²) in [4.78, 5) is 11.1. The first-order chi connectivity index (χ1) is 6.25. The van der Waals surface area contributed by atoms with Crippen LogP contribution in [0, 0.1) is 0 Å². The van der Waals surface area contributed by atoms with Crippen molar-refractivity contribution in [1.82, 2.24) is 10.2 Å². The number of nitrogens with zero attached hydrogens (tertiary/aromatic N) is 2. The highest BCUT2D eigenvalue weighted by atomic mass is 16.5. The fourth-order valence-corrected chi connectivity index (χ4v) is 0.747. The van der Waals surface area contributed by atoms with Crippen LogP contribution in [0.15, 0.2) is 12.3 Å². The van der Waals surface area contributed by atoms with E-state index in [9.17, 15) is 9.90 Å². The standard InChI is InChI=1S/C8H9N2O3/c1-2-5-13-8(12)6-3-4-9-10-7(6)11/h3-4H,2,5H2,1H3. The van der Waals surface area contributed by atoms with Crippen molar-refractivity contribution in [2.45, 2.75) is 13.3 Å². The maximum Gasteiger partial charge on any atom is 0.343 e. The van der Waals surface area contributed by atoms with Gasteiger partial charge in [-0.25, -0.2) is 4.79 Å². The van der Waals surface area contributed by atoms with E-state index >= 15 is 0 Å². The Hall–Kier alpha value is -1.65. The smallest absolute Gasteiger partial charge is 0.343 e. The Morgan fingerprint density at radius 3 is 3.00 bits per heavy atom. The molecule has 1 heterocycles. The quantitative estimate of drug-likeness (QED) is 0.656. The van der Waals surface area contributed by atoms with Gasteiger partial charge in [-0.3, -0.25) is 5.11 Å². The van der Waals surface area contributed by atoms with Crippen LogP contribution in [0.4, 0.5) is 0 Å². The molecule has 5 heteroatoms. The van der Waals surface area contributed by atoms with Gasteiger partial charge in [0, 0.05) is 0 Å². The molecule has 0 amide bonds. The van der Waals surface area contributed by atoms with Crippen LogP contribution in [0.25, 0.3) is 0 Å². The van der Waals surface area contributed by atoms with Crippen LogP contribution in [-0.4, -0.2) is 22.8 Å². The molecule has 0 atom stereocenters. The first-order valence-electron chi connectivity index (χ1n) is 3.91. The van der Waals surface area contributed by atoms with Crippen molar-refractivity contribution in [3.63, 3.8) is 0 Å². The molecule has 1 aromatic rings. The van der Waals surface area contributed by atoms with E-state index in [1.165, 1.54) is 12.3 Å². The Labute approximate surface area is 75.4 Å². The van der Waals surface area contributed by atoms with Crippen LogP contribution in [-0.2, 0) is 9.84 Å². The van der Waals surface area contributed by atoms with Crippen molar-refractivity contribution < 1.29 is 14.6 Å². The maximum absolute atomic E-state index is 11.1. The largest absolute Gasteiger partial charge is 0.462 e. The van der Waals surface area contributed by atoms with Gasteiger partial charge in [0.05, 0.1) is 12.8 Å². The monoisotopic (exact) mass is 181 g/mol. The molecule has 69 valence electrons. The Morgan fingerprint density at radius 1 is 1.62 bits per heavy atom. The van der Waals surface area contributed by atoms with Gasteiger partial charge in [-0.15, -0.1) is 5.10 Å². The molecule has 13 heavy (non-hydrogen) atoms. The van der Waals surface area contributed by atoms with E-state index in [2.05, 4.69) is 10.2 Å². The lowest BCUT2D eigenvalue weighted by Gasteiger charge is -2.01. The molecule has 0 N–H and O–H groups in total. The molecule has 1 aromatic heterocycles. The van der Waals surface area contributed by atoms with Crippen molar-refractivity contribution in [2.75, 3.05) is 6.61 Å². The second-order valence-electron chi connectivity index (χ2n) is 2.39. The number of aromatic nitrogens is 2. The highest BCUT2D eigenvalue weighted by Crippen LogP contribution is 2.12. The molecular formula is C8H9N2O3. The molecule has 0 fully saturated rings. The second kappa shape index (κ2) is 4.39. The van der Waals surface area contributed by atoms with Gasteiger partial charge >= 0.3 is 11.8 Å². The lowest BCUT2D eigenvalue weighted by molar-refractivity contribution is 0.0498. The second-order valence-corrected chi connectivity index (χ2v) is 2.39. The third kappa shape index (κ3) is 2.40. The Balaban J connectivity index is 2.71. The third-order valence-electron chi connectivity index (χ3n) is 1.34. The lowest BCUT2D eigenvalue weighted by atomic mass is 10.3. The van der Waals surface area contributed by atoms with E-state index in [1.54, 1.807) is 0 Å². The van der Waals surface area contributed by atoms with Gasteiger partial charge in [0.2, 0.25) is 0 Å². The van der Waals surface area contributed by atoms with Gasteiger partial charge in [-0.1, -0.05) is 6.92 Å². The van der Waals surface area contributed by atoms with Gasteiger partial charge in [0.1, 0.15) is 5.56 Å². The average molecular weight is 181 g/mol. The van der Waals surface area contributed by atoms with Crippen LogP contribution in [0.2, 0.25) is 0 Å². The van der Waals surface area contributed by atoms with Crippen LogP contribution in [0.3, 0.4) is 0 Å². The van der Waals surface area contributed by atoms with Crippen LogP contribution in [0.5, 0.6) is 5.88 Å². The normalized spacial score (nSPS) is 9.62. The SMILES string of the molecule is CCCOC(=O)c1ccnnc1[O]. The minimum absolute atomic E-state index is 0.0662. The summed E-state index contributed by atoms with van der Waals surface area (Å²) in [5.74, 6) is -1.29. The summed E-state index contributed by atoms with van der Waals surface area (Å²) in [5.41, 5.74) is -0.0662. The van der Waals surface area contributed by atoms with Crippen molar-refractivity contribution >= 4 is 5.97 Å². The predicted molar refractivity (Wildman–Crippen MR) is 42.7 cm³/mol. The van der Waals surface area contributed by atoms with Crippen LogP contribution < -0.4 is 0 Å². The highest BCUT2D eigenvalue weighted by molar-refractivity contribution is 5.91. The van der Waals surface area contributed by atoms with Gasteiger partial charge in [0.15, 0.2) is 0 Å². The molecule has 0 aliphatic carbocycles. The van der Waals surface area contributed by atoms with E-state index in [0.717, 1.165) is 6.42 Å². The molecule has 0 saturated heterocycles. The van der Waals surface area contributed by atoms with Crippen molar-refractivity contribution in [3.05, 3.63) is 17.8 Å². The number of rotatable bonds is 3. The summed E-state index contributed by atoms with van der Waals surface area (Å²) < 4.78 is 4.75. The molecule has 0 spiro atoms. The van der Waals surface area contributed by atoms with E-state index in [1.807, 2.05) is 6.92 Å². The summed E-state index contributed by atoms with van der Waals surface area (Å²) in [6, 6.07) is 1.30. The average Bonchev–Trinajstić information content (AvgIpc) is 2.15. The molecule has 0 bridgehead atoms. The molecular weight excluding hydrogens is 172 g/mol. The van der Waals surface area contributed by atoms with E-state index in [0.29, 0.717) is 6.61 Å². The zero-order valence-electron chi connectivity index (χ0n) is 7.19. The minimum atomic E-state index is -0.649. The molecule has 5 nitrogen and oxygen atoms in total. The van der Waals surface area contributed by atoms with Crippen molar-refractivity contribution in [3.8, 4) is 5.88 Å². The Bertz CT molecular complexity index is 301. The topological polar surface area (TPSA) is 72.0 Å². The molecule has 0 aliphatic heterocycles. The molecule has 0 unspecified atom stereocenters. The summed E-state index contributed by atoms with van der Waals surface area (Å²) >= 11 is 0. The van der Waals surface area contributed by atoms with Gasteiger partial charge in [0.25, 0.3) is 0 Å². The fourth-order valence-electron chi connectivity index (χ4n) is 0.747. The predicted octanol–water partition coefficient (Wildman–Crippen LogP) is 1.19. The van der Waals surface area contributed by atoms with Gasteiger partial charge in [-0.05, 0) is 12.5 Å². The third-order valence-corrected chi connectivity index (χ3v) is 1.34. The van der Waals surface area contributed by atoms with Gasteiger partial charge < -0.3 is 4.74 Å². The summed E-state index contributed by atoms with van der Waals surface area (Å²) in [5, 5.41) is 17.5.